The Kier molecular flexibility index (Phi) is 7.97. The van der Waals surface area contributed by atoms with Crippen LogP contribution >= 0.6 is 0 Å². The molecule has 0 aliphatic carbocycles. The van der Waals surface area contributed by atoms with E-state index in [2.05, 4.69) is 0 Å². The molecule has 2 unspecified atom stereocenters. The number of methoxy groups -OCH3 is 2. The molecule has 2 atom stereocenters. The van der Waals surface area contributed by atoms with Crippen LogP contribution in [0.25, 0.3) is 0 Å². The molecule has 0 heterocycles. The van der Waals surface area contributed by atoms with E-state index in [0.717, 1.165) is 5.56 Å². The summed E-state index contributed by atoms with van der Waals surface area (Å²) in [5.41, 5.74) is 7.14. The topological polar surface area (TPSA) is 64.8 Å². The molecule has 0 radical (unpaired) electrons. The zero-order valence-corrected chi connectivity index (χ0v) is 13.1. The van der Waals surface area contributed by atoms with E-state index in [1.807, 2.05) is 37.3 Å². The Labute approximate surface area is 127 Å². The molecule has 0 aliphatic heterocycles. The summed E-state index contributed by atoms with van der Waals surface area (Å²) >= 11 is 0. The van der Waals surface area contributed by atoms with Gasteiger partial charge in [0.2, 0.25) is 5.91 Å². The summed E-state index contributed by atoms with van der Waals surface area (Å²) in [5, 5.41) is 0. The fourth-order valence-corrected chi connectivity index (χ4v) is 2.24. The summed E-state index contributed by atoms with van der Waals surface area (Å²) in [5.74, 6) is -0.0690. The fraction of sp³-hybridized carbons (Fsp3) is 0.562. The molecule has 0 bridgehead atoms. The number of rotatable bonds is 9. The molecule has 5 nitrogen and oxygen atoms in total. The number of hydrogen-bond donors (Lipinski definition) is 1. The van der Waals surface area contributed by atoms with Gasteiger partial charge in [-0.15, -0.1) is 0 Å². The van der Waals surface area contributed by atoms with E-state index in [1.54, 1.807) is 19.1 Å². The number of ether oxygens (including phenoxy) is 2. The van der Waals surface area contributed by atoms with Crippen molar-refractivity contribution in [1.82, 2.24) is 4.90 Å². The van der Waals surface area contributed by atoms with Crippen LogP contribution in [-0.4, -0.2) is 56.9 Å². The molecule has 1 aromatic rings. The van der Waals surface area contributed by atoms with Crippen molar-refractivity contribution in [3.63, 3.8) is 0 Å². The van der Waals surface area contributed by atoms with E-state index in [4.69, 9.17) is 15.2 Å². The first-order valence-electron chi connectivity index (χ1n) is 7.18. The van der Waals surface area contributed by atoms with E-state index in [-0.39, 0.29) is 11.9 Å². The minimum absolute atomic E-state index is 0.0283. The predicted molar refractivity (Wildman–Crippen MR) is 83.0 cm³/mol. The molecule has 0 spiro atoms. The molecule has 21 heavy (non-hydrogen) atoms. The maximum Gasteiger partial charge on any atom is 0.240 e. The molecule has 0 aromatic heterocycles. The van der Waals surface area contributed by atoms with E-state index in [0.29, 0.717) is 26.2 Å². The SMILES string of the molecule is COCCN(C(=O)C(N)Cc1ccccc1)C(C)COC. The lowest BCUT2D eigenvalue weighted by atomic mass is 10.0. The van der Waals surface area contributed by atoms with Crippen LogP contribution in [0, 0.1) is 0 Å². The van der Waals surface area contributed by atoms with Gasteiger partial charge in [-0.3, -0.25) is 4.79 Å². The van der Waals surface area contributed by atoms with Gasteiger partial charge < -0.3 is 20.1 Å². The number of benzene rings is 1. The second kappa shape index (κ2) is 9.50. The summed E-state index contributed by atoms with van der Waals surface area (Å²) in [6.07, 6.45) is 0.531. The lowest BCUT2D eigenvalue weighted by Crippen LogP contribution is -2.51. The molecule has 1 aromatic carbocycles. The monoisotopic (exact) mass is 294 g/mol. The Morgan fingerprint density at radius 2 is 1.90 bits per heavy atom. The van der Waals surface area contributed by atoms with Crippen LogP contribution in [0.1, 0.15) is 12.5 Å². The van der Waals surface area contributed by atoms with Gasteiger partial charge in [0, 0.05) is 20.8 Å². The first kappa shape index (κ1) is 17.6. The standard InChI is InChI=1S/C16H26N2O3/c1-13(12-21-3)18(9-10-20-2)16(19)15(17)11-14-7-5-4-6-8-14/h4-8,13,15H,9-12,17H2,1-3H3. The summed E-state index contributed by atoms with van der Waals surface area (Å²) < 4.78 is 10.2. The molecule has 5 heteroatoms. The molecular weight excluding hydrogens is 268 g/mol. The average molecular weight is 294 g/mol. The fourth-order valence-electron chi connectivity index (χ4n) is 2.24. The van der Waals surface area contributed by atoms with Gasteiger partial charge in [0.15, 0.2) is 0 Å². The first-order chi connectivity index (χ1) is 10.1. The van der Waals surface area contributed by atoms with Gasteiger partial charge in [0.1, 0.15) is 0 Å². The van der Waals surface area contributed by atoms with Crippen LogP contribution in [0.15, 0.2) is 30.3 Å². The summed E-state index contributed by atoms with van der Waals surface area (Å²) in [4.78, 5) is 14.3. The largest absolute Gasteiger partial charge is 0.383 e. The van der Waals surface area contributed by atoms with Crippen molar-refractivity contribution in [2.45, 2.75) is 25.4 Å². The third kappa shape index (κ3) is 5.83. The van der Waals surface area contributed by atoms with Gasteiger partial charge >= 0.3 is 0 Å². The summed E-state index contributed by atoms with van der Waals surface area (Å²) in [6, 6.07) is 9.22. The normalized spacial score (nSPS) is 13.7. The Bertz CT molecular complexity index is 411. The quantitative estimate of drug-likeness (QED) is 0.740. The lowest BCUT2D eigenvalue weighted by Gasteiger charge is -2.31. The van der Waals surface area contributed by atoms with Gasteiger partial charge in [-0.2, -0.15) is 0 Å². The highest BCUT2D eigenvalue weighted by Gasteiger charge is 2.25. The highest BCUT2D eigenvalue weighted by atomic mass is 16.5. The highest BCUT2D eigenvalue weighted by Crippen LogP contribution is 2.07. The van der Waals surface area contributed by atoms with Crippen LogP contribution in [0.2, 0.25) is 0 Å². The molecule has 118 valence electrons. The van der Waals surface area contributed by atoms with Gasteiger partial charge in [-0.05, 0) is 18.9 Å². The van der Waals surface area contributed by atoms with Gasteiger partial charge in [-0.1, -0.05) is 30.3 Å². The number of nitrogens with zero attached hydrogens (tertiary/aromatic N) is 1. The third-order valence-corrected chi connectivity index (χ3v) is 3.37. The minimum Gasteiger partial charge on any atom is -0.383 e. The van der Waals surface area contributed by atoms with E-state index in [9.17, 15) is 4.79 Å². The average Bonchev–Trinajstić information content (AvgIpc) is 2.48. The Hall–Kier alpha value is -1.43. The van der Waals surface area contributed by atoms with Crippen molar-refractivity contribution < 1.29 is 14.3 Å². The molecule has 0 saturated carbocycles. The molecule has 0 fully saturated rings. The van der Waals surface area contributed by atoms with E-state index >= 15 is 0 Å². The molecular formula is C16H26N2O3. The summed E-state index contributed by atoms with van der Waals surface area (Å²) in [7, 11) is 3.24. The van der Waals surface area contributed by atoms with Crippen molar-refractivity contribution >= 4 is 5.91 Å². The predicted octanol–water partition coefficient (Wildman–Crippen LogP) is 1.07. The number of hydrogen-bond acceptors (Lipinski definition) is 4. The zero-order chi connectivity index (χ0) is 15.7. The van der Waals surface area contributed by atoms with Crippen molar-refractivity contribution in [1.29, 1.82) is 0 Å². The third-order valence-electron chi connectivity index (χ3n) is 3.37. The number of carbonyl (C=O) groups excluding carboxylic acids is 1. The highest BCUT2D eigenvalue weighted by molar-refractivity contribution is 5.82. The van der Waals surface area contributed by atoms with Crippen LogP contribution < -0.4 is 5.73 Å². The van der Waals surface area contributed by atoms with Crippen LogP contribution in [-0.2, 0) is 20.7 Å². The van der Waals surface area contributed by atoms with Gasteiger partial charge in [0.05, 0.1) is 25.3 Å². The number of amides is 1. The number of nitrogens with two attached hydrogens (primary N) is 1. The van der Waals surface area contributed by atoms with Gasteiger partial charge in [0.25, 0.3) is 0 Å². The zero-order valence-electron chi connectivity index (χ0n) is 13.1. The van der Waals surface area contributed by atoms with Crippen LogP contribution in [0.4, 0.5) is 0 Å². The molecule has 0 saturated heterocycles. The first-order valence-corrected chi connectivity index (χ1v) is 7.18. The van der Waals surface area contributed by atoms with Gasteiger partial charge in [-0.25, -0.2) is 0 Å². The smallest absolute Gasteiger partial charge is 0.240 e. The Morgan fingerprint density at radius 1 is 1.24 bits per heavy atom. The maximum atomic E-state index is 12.6. The van der Waals surface area contributed by atoms with Crippen LogP contribution in [0.5, 0.6) is 0 Å². The molecule has 1 amide bonds. The van der Waals surface area contributed by atoms with Crippen molar-refractivity contribution in [3.05, 3.63) is 35.9 Å². The summed E-state index contributed by atoms with van der Waals surface area (Å²) in [6.45, 7) is 3.43. The van der Waals surface area contributed by atoms with E-state index < -0.39 is 6.04 Å². The molecule has 1 rings (SSSR count). The molecule has 0 aliphatic rings. The minimum atomic E-state index is -0.552. The second-order valence-corrected chi connectivity index (χ2v) is 5.13. The van der Waals surface area contributed by atoms with Crippen LogP contribution in [0.3, 0.4) is 0 Å². The van der Waals surface area contributed by atoms with Crippen molar-refractivity contribution in [2.75, 3.05) is 34.0 Å². The molecule has 2 N–H and O–H groups in total. The Balaban J connectivity index is 2.69. The van der Waals surface area contributed by atoms with Crippen molar-refractivity contribution in [2.24, 2.45) is 5.73 Å². The maximum absolute atomic E-state index is 12.6. The number of carbonyl (C=O) groups is 1. The Morgan fingerprint density at radius 3 is 2.48 bits per heavy atom. The van der Waals surface area contributed by atoms with Crippen molar-refractivity contribution in [3.8, 4) is 0 Å². The lowest BCUT2D eigenvalue weighted by molar-refractivity contribution is -0.136. The second-order valence-electron chi connectivity index (χ2n) is 5.13. The van der Waals surface area contributed by atoms with E-state index in [1.165, 1.54) is 0 Å².